The molecular weight excluding hydrogens is 267 g/mol. The average Bonchev–Trinajstić information content (AvgIpc) is 2.34. The van der Waals surface area contributed by atoms with Gasteiger partial charge in [0.15, 0.2) is 5.03 Å². The van der Waals surface area contributed by atoms with E-state index < -0.39 is 15.7 Å². The van der Waals surface area contributed by atoms with Crippen LogP contribution in [0.4, 0.5) is 10.1 Å². The number of pyridine rings is 1. The van der Waals surface area contributed by atoms with Crippen LogP contribution in [0.1, 0.15) is 11.1 Å². The molecule has 6 heteroatoms. The van der Waals surface area contributed by atoms with Gasteiger partial charge in [0, 0.05) is 6.20 Å². The van der Waals surface area contributed by atoms with Gasteiger partial charge in [-0.2, -0.15) is 0 Å². The number of nitrogens with zero attached hydrogens (tertiary/aromatic N) is 1. The van der Waals surface area contributed by atoms with E-state index in [0.717, 1.165) is 0 Å². The number of halogens is 1. The van der Waals surface area contributed by atoms with Crippen molar-refractivity contribution in [2.75, 3.05) is 5.73 Å². The lowest BCUT2D eigenvalue weighted by Gasteiger charge is -2.08. The van der Waals surface area contributed by atoms with Crippen LogP contribution < -0.4 is 5.73 Å². The van der Waals surface area contributed by atoms with E-state index in [9.17, 15) is 12.8 Å². The van der Waals surface area contributed by atoms with Crippen LogP contribution in [0.25, 0.3) is 0 Å². The predicted octanol–water partition coefficient (Wildman–Crippen LogP) is 2.09. The molecule has 1 heterocycles. The van der Waals surface area contributed by atoms with Crippen LogP contribution in [-0.2, 0) is 15.6 Å². The van der Waals surface area contributed by atoms with E-state index in [4.69, 9.17) is 5.73 Å². The Hall–Kier alpha value is -1.95. The Balaban J connectivity index is 2.43. The van der Waals surface area contributed by atoms with E-state index in [1.54, 1.807) is 19.1 Å². The van der Waals surface area contributed by atoms with E-state index in [1.807, 2.05) is 0 Å². The van der Waals surface area contributed by atoms with Gasteiger partial charge in [-0.05, 0) is 42.3 Å². The summed E-state index contributed by atoms with van der Waals surface area (Å²) >= 11 is 0. The Bertz CT molecular complexity index is 714. The van der Waals surface area contributed by atoms with E-state index in [2.05, 4.69) is 4.98 Å². The molecule has 0 saturated carbocycles. The van der Waals surface area contributed by atoms with Crippen molar-refractivity contribution in [1.82, 2.24) is 4.98 Å². The number of anilines is 1. The topological polar surface area (TPSA) is 73.0 Å². The third-order valence-electron chi connectivity index (χ3n) is 2.75. The van der Waals surface area contributed by atoms with Gasteiger partial charge in [0.2, 0.25) is 9.84 Å². The molecule has 100 valence electrons. The van der Waals surface area contributed by atoms with Crippen LogP contribution in [0, 0.1) is 12.7 Å². The summed E-state index contributed by atoms with van der Waals surface area (Å²) in [6, 6.07) is 7.08. The minimum atomic E-state index is -3.69. The number of aromatic nitrogens is 1. The molecule has 0 saturated heterocycles. The van der Waals surface area contributed by atoms with E-state index in [0.29, 0.717) is 11.1 Å². The lowest BCUT2D eigenvalue weighted by Crippen LogP contribution is -2.10. The molecule has 0 radical (unpaired) electrons. The molecular formula is C13H13FN2O2S. The van der Waals surface area contributed by atoms with Crippen molar-refractivity contribution in [3.63, 3.8) is 0 Å². The molecule has 2 N–H and O–H groups in total. The fourth-order valence-electron chi connectivity index (χ4n) is 1.73. The second-order valence-corrected chi connectivity index (χ2v) is 6.13. The first-order chi connectivity index (χ1) is 8.90. The number of nitrogens with two attached hydrogens (primary N) is 1. The minimum Gasteiger partial charge on any atom is -0.396 e. The van der Waals surface area contributed by atoms with Crippen LogP contribution in [0.3, 0.4) is 0 Å². The van der Waals surface area contributed by atoms with Gasteiger partial charge in [0.1, 0.15) is 5.82 Å². The second kappa shape index (κ2) is 4.97. The van der Waals surface area contributed by atoms with Crippen molar-refractivity contribution in [2.24, 2.45) is 0 Å². The normalized spacial score (nSPS) is 11.5. The summed E-state index contributed by atoms with van der Waals surface area (Å²) in [7, 11) is -3.69. The van der Waals surface area contributed by atoms with Crippen molar-refractivity contribution in [1.29, 1.82) is 0 Å². The highest BCUT2D eigenvalue weighted by Gasteiger charge is 2.20. The predicted molar refractivity (Wildman–Crippen MR) is 70.7 cm³/mol. The fourth-order valence-corrected chi connectivity index (χ4v) is 3.24. The molecule has 0 aliphatic carbocycles. The SMILES string of the molecule is Cc1ccc(F)cc1CS(=O)(=O)c1ncccc1N. The third kappa shape index (κ3) is 2.90. The fraction of sp³-hybridized carbons (Fsp3) is 0.154. The van der Waals surface area contributed by atoms with Crippen molar-refractivity contribution < 1.29 is 12.8 Å². The third-order valence-corrected chi connectivity index (χ3v) is 4.37. The van der Waals surface area contributed by atoms with Crippen LogP contribution in [-0.4, -0.2) is 13.4 Å². The highest BCUT2D eigenvalue weighted by molar-refractivity contribution is 7.90. The highest BCUT2D eigenvalue weighted by Crippen LogP contribution is 2.21. The maximum atomic E-state index is 13.2. The zero-order valence-corrected chi connectivity index (χ0v) is 11.1. The molecule has 2 aromatic rings. The largest absolute Gasteiger partial charge is 0.396 e. The summed E-state index contributed by atoms with van der Waals surface area (Å²) in [6.07, 6.45) is 1.36. The molecule has 0 spiro atoms. The first-order valence-corrected chi connectivity index (χ1v) is 7.23. The van der Waals surface area contributed by atoms with Crippen LogP contribution in [0.15, 0.2) is 41.6 Å². The number of hydrogen-bond acceptors (Lipinski definition) is 4. The summed E-state index contributed by atoms with van der Waals surface area (Å²) < 4.78 is 37.6. The molecule has 1 aromatic heterocycles. The quantitative estimate of drug-likeness (QED) is 0.934. The monoisotopic (exact) mass is 280 g/mol. The molecule has 0 amide bonds. The summed E-state index contributed by atoms with van der Waals surface area (Å²) in [4.78, 5) is 3.79. The molecule has 0 bridgehead atoms. The first kappa shape index (κ1) is 13.5. The standard InChI is InChI=1S/C13H13FN2O2S/c1-9-4-5-11(14)7-10(9)8-19(17,18)13-12(15)3-2-6-16-13/h2-7H,8,15H2,1H3. The second-order valence-electron chi connectivity index (χ2n) is 4.23. The van der Waals surface area contributed by atoms with Gasteiger partial charge >= 0.3 is 0 Å². The highest BCUT2D eigenvalue weighted by atomic mass is 32.2. The number of sulfone groups is 1. The van der Waals surface area contributed by atoms with Crippen molar-refractivity contribution in [3.05, 3.63) is 53.5 Å². The van der Waals surface area contributed by atoms with Crippen LogP contribution >= 0.6 is 0 Å². The lowest BCUT2D eigenvalue weighted by molar-refractivity contribution is 0.591. The van der Waals surface area contributed by atoms with Crippen LogP contribution in [0.2, 0.25) is 0 Å². The average molecular weight is 280 g/mol. The Labute approximate surface area is 111 Å². The van der Waals surface area contributed by atoms with Gasteiger partial charge in [-0.15, -0.1) is 0 Å². The van der Waals surface area contributed by atoms with Gasteiger partial charge in [0.25, 0.3) is 0 Å². The Morgan fingerprint density at radius 2 is 2.05 bits per heavy atom. The molecule has 2 rings (SSSR count). The summed E-state index contributed by atoms with van der Waals surface area (Å²) in [5.74, 6) is -0.789. The summed E-state index contributed by atoms with van der Waals surface area (Å²) in [6.45, 7) is 1.73. The number of hydrogen-bond donors (Lipinski definition) is 1. The first-order valence-electron chi connectivity index (χ1n) is 5.58. The molecule has 0 unspecified atom stereocenters. The number of aryl methyl sites for hydroxylation is 1. The van der Waals surface area contributed by atoms with Crippen molar-refractivity contribution in [3.8, 4) is 0 Å². The van der Waals surface area contributed by atoms with Crippen LogP contribution in [0.5, 0.6) is 0 Å². The Kier molecular flexibility index (Phi) is 3.53. The zero-order chi connectivity index (χ0) is 14.0. The zero-order valence-electron chi connectivity index (χ0n) is 10.3. The number of benzene rings is 1. The van der Waals surface area contributed by atoms with Gasteiger partial charge in [0.05, 0.1) is 11.4 Å². The smallest absolute Gasteiger partial charge is 0.201 e. The minimum absolute atomic E-state index is 0.0940. The van der Waals surface area contributed by atoms with Gasteiger partial charge in [-0.3, -0.25) is 0 Å². The van der Waals surface area contributed by atoms with Crippen molar-refractivity contribution in [2.45, 2.75) is 17.7 Å². The van der Waals surface area contributed by atoms with Gasteiger partial charge in [-0.25, -0.2) is 17.8 Å². The maximum Gasteiger partial charge on any atom is 0.201 e. The van der Waals surface area contributed by atoms with E-state index in [1.165, 1.54) is 24.4 Å². The summed E-state index contributed by atoms with van der Waals surface area (Å²) in [5.41, 5.74) is 6.82. The number of nitrogen functional groups attached to an aromatic ring is 1. The summed E-state index contributed by atoms with van der Waals surface area (Å²) in [5, 5.41) is -0.168. The number of rotatable bonds is 3. The molecule has 0 aliphatic heterocycles. The van der Waals surface area contributed by atoms with Gasteiger partial charge < -0.3 is 5.73 Å². The molecule has 0 aliphatic rings. The van der Waals surface area contributed by atoms with Crippen molar-refractivity contribution >= 4 is 15.5 Å². The molecule has 19 heavy (non-hydrogen) atoms. The van der Waals surface area contributed by atoms with Gasteiger partial charge in [-0.1, -0.05) is 6.07 Å². The molecule has 4 nitrogen and oxygen atoms in total. The van der Waals surface area contributed by atoms with E-state index >= 15 is 0 Å². The Morgan fingerprint density at radius 3 is 2.74 bits per heavy atom. The Morgan fingerprint density at radius 1 is 1.32 bits per heavy atom. The molecule has 0 atom stereocenters. The molecule has 0 fully saturated rings. The lowest BCUT2D eigenvalue weighted by atomic mass is 10.1. The van der Waals surface area contributed by atoms with E-state index in [-0.39, 0.29) is 16.5 Å². The molecule has 1 aromatic carbocycles. The maximum absolute atomic E-state index is 13.2.